The van der Waals surface area contributed by atoms with Crippen molar-refractivity contribution >= 4 is 5.97 Å². The molecule has 0 saturated heterocycles. The Hall–Kier alpha value is -0.870. The Morgan fingerprint density at radius 3 is 2.79 bits per heavy atom. The predicted octanol–water partition coefficient (Wildman–Crippen LogP) is 0.752. The first kappa shape index (κ1) is 11.2. The van der Waals surface area contributed by atoms with Crippen molar-refractivity contribution in [3.8, 4) is 0 Å². The van der Waals surface area contributed by atoms with E-state index in [1.807, 2.05) is 26.8 Å². The van der Waals surface area contributed by atoms with Crippen LogP contribution < -0.4 is 10.9 Å². The molecule has 0 saturated carbocycles. The first-order valence-electron chi connectivity index (χ1n) is 4.87. The number of hydrazine groups is 1. The average molecular weight is 198 g/mol. The molecule has 0 aromatic carbocycles. The SMILES string of the molecule is CC(C)(C)OC(=O)C1=CCCNNC1. The fourth-order valence-corrected chi connectivity index (χ4v) is 1.14. The maximum Gasteiger partial charge on any atom is 0.335 e. The molecular formula is C10H18N2O2. The van der Waals surface area contributed by atoms with Gasteiger partial charge in [0.2, 0.25) is 0 Å². The second-order valence-corrected chi connectivity index (χ2v) is 4.30. The van der Waals surface area contributed by atoms with Crippen molar-refractivity contribution in [2.24, 2.45) is 0 Å². The van der Waals surface area contributed by atoms with Crippen molar-refractivity contribution in [2.45, 2.75) is 32.8 Å². The van der Waals surface area contributed by atoms with Crippen LogP contribution in [0.15, 0.2) is 11.6 Å². The van der Waals surface area contributed by atoms with Crippen LogP contribution in [0.1, 0.15) is 27.2 Å². The van der Waals surface area contributed by atoms with Crippen LogP contribution in [0.5, 0.6) is 0 Å². The lowest BCUT2D eigenvalue weighted by Crippen LogP contribution is -2.34. The van der Waals surface area contributed by atoms with E-state index in [9.17, 15) is 4.79 Å². The molecular weight excluding hydrogens is 180 g/mol. The van der Waals surface area contributed by atoms with E-state index in [-0.39, 0.29) is 5.97 Å². The Morgan fingerprint density at radius 1 is 1.43 bits per heavy atom. The van der Waals surface area contributed by atoms with Crippen molar-refractivity contribution in [3.63, 3.8) is 0 Å². The Kier molecular flexibility index (Phi) is 3.66. The zero-order chi connectivity index (χ0) is 10.6. The molecule has 0 aromatic rings. The number of ether oxygens (including phenoxy) is 1. The van der Waals surface area contributed by atoms with Gasteiger partial charge in [0.1, 0.15) is 5.60 Å². The molecule has 1 aliphatic rings. The highest BCUT2D eigenvalue weighted by molar-refractivity contribution is 5.89. The number of esters is 1. The van der Waals surface area contributed by atoms with Crippen molar-refractivity contribution in [1.29, 1.82) is 0 Å². The molecule has 0 fully saturated rings. The predicted molar refractivity (Wildman–Crippen MR) is 54.6 cm³/mol. The molecule has 2 N–H and O–H groups in total. The topological polar surface area (TPSA) is 50.4 Å². The molecule has 1 aliphatic heterocycles. The van der Waals surface area contributed by atoms with E-state index in [1.54, 1.807) is 0 Å². The molecule has 1 rings (SSSR count). The van der Waals surface area contributed by atoms with Crippen molar-refractivity contribution in [2.75, 3.05) is 13.1 Å². The quantitative estimate of drug-likeness (QED) is 0.610. The van der Waals surface area contributed by atoms with Gasteiger partial charge in [-0.3, -0.25) is 10.9 Å². The Balaban J connectivity index is 2.54. The van der Waals surface area contributed by atoms with Crippen LogP contribution in [-0.2, 0) is 9.53 Å². The lowest BCUT2D eigenvalue weighted by atomic mass is 10.1. The molecule has 0 bridgehead atoms. The zero-order valence-electron chi connectivity index (χ0n) is 9.02. The summed E-state index contributed by atoms with van der Waals surface area (Å²) in [5, 5.41) is 0. The van der Waals surface area contributed by atoms with Crippen LogP contribution in [0.2, 0.25) is 0 Å². The third-order valence-corrected chi connectivity index (χ3v) is 1.72. The Morgan fingerprint density at radius 2 is 2.14 bits per heavy atom. The van der Waals surface area contributed by atoms with Gasteiger partial charge >= 0.3 is 5.97 Å². The van der Waals surface area contributed by atoms with Gasteiger partial charge in [-0.05, 0) is 27.2 Å². The molecule has 0 atom stereocenters. The fourth-order valence-electron chi connectivity index (χ4n) is 1.14. The van der Waals surface area contributed by atoms with E-state index >= 15 is 0 Å². The molecule has 0 unspecified atom stereocenters. The molecule has 0 amide bonds. The molecule has 1 heterocycles. The van der Waals surface area contributed by atoms with Crippen molar-refractivity contribution < 1.29 is 9.53 Å². The van der Waals surface area contributed by atoms with Gasteiger partial charge in [-0.2, -0.15) is 0 Å². The van der Waals surface area contributed by atoms with Gasteiger partial charge in [-0.1, -0.05) is 6.08 Å². The standard InChI is InChI=1S/C10H18N2O2/c1-10(2,3)14-9(13)8-5-4-6-11-12-7-8/h5,11-12H,4,6-7H2,1-3H3. The molecule has 4 nitrogen and oxygen atoms in total. The number of nitrogens with one attached hydrogen (secondary N) is 2. The largest absolute Gasteiger partial charge is 0.457 e. The minimum Gasteiger partial charge on any atom is -0.457 e. The number of carbonyl (C=O) groups excluding carboxylic acids is 1. The molecule has 0 aromatic heterocycles. The van der Waals surface area contributed by atoms with E-state index in [1.165, 1.54) is 0 Å². The second kappa shape index (κ2) is 4.57. The summed E-state index contributed by atoms with van der Waals surface area (Å²) in [4.78, 5) is 11.6. The normalized spacial score (nSPS) is 18.4. The minimum absolute atomic E-state index is 0.228. The van der Waals surface area contributed by atoms with Crippen molar-refractivity contribution in [3.05, 3.63) is 11.6 Å². The number of hydrogen-bond acceptors (Lipinski definition) is 4. The van der Waals surface area contributed by atoms with Gasteiger partial charge in [-0.25, -0.2) is 4.79 Å². The maximum atomic E-state index is 11.6. The molecule has 4 heteroatoms. The number of rotatable bonds is 1. The minimum atomic E-state index is -0.419. The van der Waals surface area contributed by atoms with Gasteiger partial charge < -0.3 is 4.74 Å². The first-order chi connectivity index (χ1) is 6.49. The summed E-state index contributed by atoms with van der Waals surface area (Å²) < 4.78 is 5.26. The maximum absolute atomic E-state index is 11.6. The fraction of sp³-hybridized carbons (Fsp3) is 0.700. The van der Waals surface area contributed by atoms with Crippen LogP contribution in [0.25, 0.3) is 0 Å². The highest BCUT2D eigenvalue weighted by atomic mass is 16.6. The zero-order valence-corrected chi connectivity index (χ0v) is 9.02. The Bertz CT molecular complexity index is 241. The highest BCUT2D eigenvalue weighted by Gasteiger charge is 2.19. The van der Waals surface area contributed by atoms with Crippen LogP contribution >= 0.6 is 0 Å². The molecule has 14 heavy (non-hydrogen) atoms. The monoisotopic (exact) mass is 198 g/mol. The van der Waals surface area contributed by atoms with E-state index in [2.05, 4.69) is 10.9 Å². The third-order valence-electron chi connectivity index (χ3n) is 1.72. The molecule has 0 radical (unpaired) electrons. The van der Waals surface area contributed by atoms with Gasteiger partial charge in [0, 0.05) is 18.7 Å². The third kappa shape index (κ3) is 3.89. The van der Waals surface area contributed by atoms with E-state index < -0.39 is 5.60 Å². The lowest BCUT2D eigenvalue weighted by Gasteiger charge is -2.20. The summed E-state index contributed by atoms with van der Waals surface area (Å²) in [6.45, 7) is 6.97. The first-order valence-corrected chi connectivity index (χ1v) is 4.87. The van der Waals surface area contributed by atoms with Crippen LogP contribution in [0.3, 0.4) is 0 Å². The summed E-state index contributed by atoms with van der Waals surface area (Å²) in [5.74, 6) is -0.228. The molecule has 80 valence electrons. The number of hydrogen-bond donors (Lipinski definition) is 2. The summed E-state index contributed by atoms with van der Waals surface area (Å²) in [5.41, 5.74) is 6.21. The van der Waals surface area contributed by atoms with Gasteiger partial charge in [-0.15, -0.1) is 0 Å². The highest BCUT2D eigenvalue weighted by Crippen LogP contribution is 2.11. The number of carbonyl (C=O) groups is 1. The van der Waals surface area contributed by atoms with E-state index in [0.29, 0.717) is 12.1 Å². The summed E-state index contributed by atoms with van der Waals surface area (Å²) in [6, 6.07) is 0. The van der Waals surface area contributed by atoms with Crippen LogP contribution in [-0.4, -0.2) is 24.7 Å². The smallest absolute Gasteiger partial charge is 0.335 e. The second-order valence-electron chi connectivity index (χ2n) is 4.30. The van der Waals surface area contributed by atoms with Gasteiger partial charge in [0.15, 0.2) is 0 Å². The Labute approximate surface area is 84.7 Å². The summed E-state index contributed by atoms with van der Waals surface area (Å²) in [7, 11) is 0. The summed E-state index contributed by atoms with van der Waals surface area (Å²) >= 11 is 0. The summed E-state index contributed by atoms with van der Waals surface area (Å²) in [6.07, 6.45) is 2.77. The molecule has 0 aliphatic carbocycles. The van der Waals surface area contributed by atoms with Crippen LogP contribution in [0.4, 0.5) is 0 Å². The lowest BCUT2D eigenvalue weighted by molar-refractivity contribution is -0.149. The van der Waals surface area contributed by atoms with E-state index in [4.69, 9.17) is 4.74 Å². The van der Waals surface area contributed by atoms with Gasteiger partial charge in [0.25, 0.3) is 0 Å². The van der Waals surface area contributed by atoms with Gasteiger partial charge in [0.05, 0.1) is 0 Å². The van der Waals surface area contributed by atoms with E-state index in [0.717, 1.165) is 13.0 Å². The average Bonchev–Trinajstić information content (AvgIpc) is 2.27. The van der Waals surface area contributed by atoms with Crippen molar-refractivity contribution in [1.82, 2.24) is 10.9 Å². The molecule has 0 spiro atoms. The van der Waals surface area contributed by atoms with Crippen LogP contribution in [0, 0.1) is 0 Å².